The van der Waals surface area contributed by atoms with E-state index in [2.05, 4.69) is 5.32 Å². The van der Waals surface area contributed by atoms with Crippen LogP contribution >= 0.6 is 0 Å². The lowest BCUT2D eigenvalue weighted by Gasteiger charge is -2.24. The van der Waals surface area contributed by atoms with E-state index in [0.717, 1.165) is 37.9 Å². The number of hydrogen-bond acceptors (Lipinski definition) is 3. The number of benzene rings is 1. The third-order valence-corrected chi connectivity index (χ3v) is 6.07. The lowest BCUT2D eigenvalue weighted by molar-refractivity contribution is 0.362. The van der Waals surface area contributed by atoms with Crippen molar-refractivity contribution in [2.45, 2.75) is 32.7 Å². The predicted octanol–water partition coefficient (Wildman–Crippen LogP) is 2.15. The summed E-state index contributed by atoms with van der Waals surface area (Å²) >= 11 is 0. The van der Waals surface area contributed by atoms with Crippen molar-refractivity contribution in [1.29, 1.82) is 0 Å². The van der Waals surface area contributed by atoms with E-state index in [4.69, 9.17) is 0 Å². The fraction of sp³-hybridized carbons (Fsp3) is 0.625. The molecule has 1 heterocycles. The number of aryl methyl sites for hydroxylation is 1. The molecule has 0 amide bonds. The summed E-state index contributed by atoms with van der Waals surface area (Å²) in [6, 6.07) is 8.03. The second-order valence-electron chi connectivity index (χ2n) is 6.04. The Morgan fingerprint density at radius 1 is 1.19 bits per heavy atom. The van der Waals surface area contributed by atoms with Gasteiger partial charge in [0.25, 0.3) is 0 Å². The SMILES string of the molecule is Cc1ccc(CN(C)S(=O)(=O)CCC2CCNCC2)cc1. The molecule has 1 aromatic rings. The topological polar surface area (TPSA) is 49.4 Å². The molecule has 2 rings (SSSR count). The van der Waals surface area contributed by atoms with Crippen molar-refractivity contribution in [2.75, 3.05) is 25.9 Å². The first-order chi connectivity index (χ1) is 9.97. The number of nitrogens with zero attached hydrogens (tertiary/aromatic N) is 1. The minimum absolute atomic E-state index is 0.264. The molecule has 118 valence electrons. The Labute approximate surface area is 128 Å². The highest BCUT2D eigenvalue weighted by molar-refractivity contribution is 7.89. The van der Waals surface area contributed by atoms with Gasteiger partial charge in [-0.05, 0) is 50.8 Å². The zero-order valence-electron chi connectivity index (χ0n) is 13.0. The first kappa shape index (κ1) is 16.5. The van der Waals surface area contributed by atoms with Gasteiger partial charge in [-0.15, -0.1) is 0 Å². The van der Waals surface area contributed by atoms with Crippen LogP contribution in [0.1, 0.15) is 30.4 Å². The van der Waals surface area contributed by atoms with Crippen molar-refractivity contribution in [3.8, 4) is 0 Å². The Morgan fingerprint density at radius 2 is 1.81 bits per heavy atom. The van der Waals surface area contributed by atoms with Gasteiger partial charge in [0.05, 0.1) is 5.75 Å². The molecule has 0 atom stereocenters. The fourth-order valence-corrected chi connectivity index (χ4v) is 3.98. The Hall–Kier alpha value is -0.910. The quantitative estimate of drug-likeness (QED) is 0.876. The van der Waals surface area contributed by atoms with Gasteiger partial charge in [-0.3, -0.25) is 0 Å². The highest BCUT2D eigenvalue weighted by Crippen LogP contribution is 2.18. The van der Waals surface area contributed by atoms with Crippen LogP contribution in [0, 0.1) is 12.8 Å². The second kappa shape index (κ2) is 7.38. The monoisotopic (exact) mass is 310 g/mol. The summed E-state index contributed by atoms with van der Waals surface area (Å²) in [7, 11) is -1.48. The van der Waals surface area contributed by atoms with Crippen LogP contribution in [0.3, 0.4) is 0 Å². The highest BCUT2D eigenvalue weighted by atomic mass is 32.2. The standard InChI is InChI=1S/C16H26N2O2S/c1-14-3-5-16(6-4-14)13-18(2)21(19,20)12-9-15-7-10-17-11-8-15/h3-6,15,17H,7-13H2,1-2H3. The first-order valence-corrected chi connectivity index (χ1v) is 9.28. The zero-order valence-corrected chi connectivity index (χ0v) is 13.8. The van der Waals surface area contributed by atoms with Gasteiger partial charge < -0.3 is 5.32 Å². The number of piperidine rings is 1. The minimum atomic E-state index is -3.16. The van der Waals surface area contributed by atoms with Crippen molar-refractivity contribution < 1.29 is 8.42 Å². The smallest absolute Gasteiger partial charge is 0.214 e. The molecule has 1 aliphatic heterocycles. The normalized spacial score (nSPS) is 17.3. The average molecular weight is 310 g/mol. The van der Waals surface area contributed by atoms with Crippen LogP contribution in [0.5, 0.6) is 0 Å². The molecule has 0 saturated carbocycles. The van der Waals surface area contributed by atoms with Crippen LogP contribution in [0.15, 0.2) is 24.3 Å². The summed E-state index contributed by atoms with van der Waals surface area (Å²) < 4.78 is 26.2. The van der Waals surface area contributed by atoms with E-state index >= 15 is 0 Å². The molecule has 4 nitrogen and oxygen atoms in total. The van der Waals surface area contributed by atoms with Gasteiger partial charge in [0, 0.05) is 13.6 Å². The Kier molecular flexibility index (Phi) is 5.79. The molecule has 1 N–H and O–H groups in total. The van der Waals surface area contributed by atoms with Crippen LogP contribution in [-0.2, 0) is 16.6 Å². The van der Waals surface area contributed by atoms with Gasteiger partial charge in [-0.1, -0.05) is 29.8 Å². The molecule has 0 spiro atoms. The van der Waals surface area contributed by atoms with Crippen LogP contribution in [-0.4, -0.2) is 38.6 Å². The highest BCUT2D eigenvalue weighted by Gasteiger charge is 2.21. The third kappa shape index (κ3) is 5.09. The van der Waals surface area contributed by atoms with Gasteiger partial charge >= 0.3 is 0 Å². The molecular weight excluding hydrogens is 284 g/mol. The van der Waals surface area contributed by atoms with Gasteiger partial charge in [0.2, 0.25) is 10.0 Å². The van der Waals surface area contributed by atoms with E-state index in [1.807, 2.05) is 31.2 Å². The van der Waals surface area contributed by atoms with Crippen LogP contribution in [0.4, 0.5) is 0 Å². The maximum atomic E-state index is 12.4. The molecule has 0 unspecified atom stereocenters. The largest absolute Gasteiger partial charge is 0.317 e. The van der Waals surface area contributed by atoms with E-state index in [1.165, 1.54) is 9.87 Å². The van der Waals surface area contributed by atoms with Crippen molar-refractivity contribution in [1.82, 2.24) is 9.62 Å². The van der Waals surface area contributed by atoms with Crippen LogP contribution in [0.2, 0.25) is 0 Å². The van der Waals surface area contributed by atoms with Crippen molar-refractivity contribution >= 4 is 10.0 Å². The maximum Gasteiger partial charge on any atom is 0.214 e. The zero-order chi connectivity index (χ0) is 15.3. The number of sulfonamides is 1. The van der Waals surface area contributed by atoms with Gasteiger partial charge in [0.15, 0.2) is 0 Å². The van der Waals surface area contributed by atoms with E-state index < -0.39 is 10.0 Å². The molecule has 0 aliphatic carbocycles. The lowest BCUT2D eigenvalue weighted by Crippen LogP contribution is -2.32. The molecule has 21 heavy (non-hydrogen) atoms. The Balaban J connectivity index is 1.87. The molecule has 0 radical (unpaired) electrons. The Bertz CT molecular complexity index is 534. The summed E-state index contributed by atoms with van der Waals surface area (Å²) in [6.07, 6.45) is 2.97. The number of hydrogen-bond donors (Lipinski definition) is 1. The van der Waals surface area contributed by atoms with Crippen molar-refractivity contribution in [3.63, 3.8) is 0 Å². The predicted molar refractivity (Wildman–Crippen MR) is 86.6 cm³/mol. The minimum Gasteiger partial charge on any atom is -0.317 e. The molecule has 1 aromatic carbocycles. The molecule has 1 saturated heterocycles. The van der Waals surface area contributed by atoms with Crippen LogP contribution < -0.4 is 5.32 Å². The van der Waals surface area contributed by atoms with Gasteiger partial charge in [0.1, 0.15) is 0 Å². The lowest BCUT2D eigenvalue weighted by atomic mass is 9.96. The number of rotatable bonds is 6. The van der Waals surface area contributed by atoms with Crippen molar-refractivity contribution in [2.24, 2.45) is 5.92 Å². The van der Waals surface area contributed by atoms with E-state index in [1.54, 1.807) is 7.05 Å². The molecule has 0 bridgehead atoms. The molecule has 5 heteroatoms. The Morgan fingerprint density at radius 3 is 2.43 bits per heavy atom. The molecule has 1 aliphatic rings. The molecular formula is C16H26N2O2S. The van der Waals surface area contributed by atoms with E-state index in [0.29, 0.717) is 12.5 Å². The van der Waals surface area contributed by atoms with Crippen molar-refractivity contribution in [3.05, 3.63) is 35.4 Å². The summed E-state index contributed by atoms with van der Waals surface area (Å²) in [5.74, 6) is 0.814. The third-order valence-electron chi connectivity index (χ3n) is 4.24. The van der Waals surface area contributed by atoms with Gasteiger partial charge in [-0.25, -0.2) is 12.7 Å². The van der Waals surface area contributed by atoms with Gasteiger partial charge in [-0.2, -0.15) is 0 Å². The summed E-state index contributed by atoms with van der Waals surface area (Å²) in [4.78, 5) is 0. The fourth-order valence-electron chi connectivity index (χ4n) is 2.69. The van der Waals surface area contributed by atoms with Crippen LogP contribution in [0.25, 0.3) is 0 Å². The molecule has 1 fully saturated rings. The van der Waals surface area contributed by atoms with E-state index in [-0.39, 0.29) is 5.75 Å². The summed E-state index contributed by atoms with van der Waals surface area (Å²) in [5, 5.41) is 3.31. The maximum absolute atomic E-state index is 12.4. The summed E-state index contributed by atoms with van der Waals surface area (Å²) in [5.41, 5.74) is 2.23. The van der Waals surface area contributed by atoms with E-state index in [9.17, 15) is 8.42 Å². The average Bonchev–Trinajstić information content (AvgIpc) is 2.48. The molecule has 0 aromatic heterocycles. The first-order valence-electron chi connectivity index (χ1n) is 7.67. The number of nitrogens with one attached hydrogen (secondary N) is 1. The summed E-state index contributed by atoms with van der Waals surface area (Å²) in [6.45, 7) is 4.52. The second-order valence-corrected chi connectivity index (χ2v) is 8.24.